The van der Waals surface area contributed by atoms with Crippen LogP contribution in [0, 0.1) is 0 Å². The Kier molecular flexibility index (Phi) is 7.15. The molecule has 0 aromatic heterocycles. The van der Waals surface area contributed by atoms with Crippen LogP contribution in [0.4, 0.5) is 0 Å². The lowest BCUT2D eigenvalue weighted by atomic mass is 10.0. The van der Waals surface area contributed by atoms with Crippen LogP contribution < -0.4 is 5.73 Å². The van der Waals surface area contributed by atoms with Gasteiger partial charge in [-0.15, -0.1) is 0 Å². The fourth-order valence-corrected chi connectivity index (χ4v) is 2.25. The van der Waals surface area contributed by atoms with Crippen molar-refractivity contribution in [2.45, 2.75) is 39.2 Å². The largest absolute Gasteiger partial charge is 0.380 e. The average molecular weight is 257 g/mol. The van der Waals surface area contributed by atoms with Crippen LogP contribution >= 0.6 is 0 Å². The van der Waals surface area contributed by atoms with E-state index in [2.05, 4.69) is 30.6 Å². The first-order chi connectivity index (χ1) is 8.60. The average Bonchev–Trinajstić information content (AvgIpc) is 2.39. The number of hydrogen-bond donors (Lipinski definition) is 1. The first-order valence-electron chi connectivity index (χ1n) is 7.35. The Bertz CT molecular complexity index is 213. The molecular weight excluding hydrogens is 226 g/mol. The summed E-state index contributed by atoms with van der Waals surface area (Å²) in [6.45, 7) is 14.8. The molecule has 1 aliphatic heterocycles. The second kappa shape index (κ2) is 8.10. The number of nitrogens with two attached hydrogens (primary N) is 1. The highest BCUT2D eigenvalue weighted by Gasteiger charge is 2.28. The van der Waals surface area contributed by atoms with Crippen molar-refractivity contribution in [3.63, 3.8) is 0 Å². The molecule has 0 aromatic rings. The topological polar surface area (TPSA) is 41.7 Å². The normalized spacial score (nSPS) is 19.3. The summed E-state index contributed by atoms with van der Waals surface area (Å²) in [6, 6.07) is 0. The van der Waals surface area contributed by atoms with E-state index in [0.29, 0.717) is 0 Å². The molecule has 0 unspecified atom stereocenters. The lowest BCUT2D eigenvalue weighted by Crippen LogP contribution is -2.57. The number of ether oxygens (including phenoxy) is 1. The summed E-state index contributed by atoms with van der Waals surface area (Å²) < 4.78 is 5.62. The van der Waals surface area contributed by atoms with E-state index in [9.17, 15) is 0 Å². The summed E-state index contributed by atoms with van der Waals surface area (Å²) in [6.07, 6.45) is 2.39. The van der Waals surface area contributed by atoms with Gasteiger partial charge < -0.3 is 10.5 Å². The van der Waals surface area contributed by atoms with E-state index < -0.39 is 0 Å². The van der Waals surface area contributed by atoms with Crippen molar-refractivity contribution in [3.8, 4) is 0 Å². The minimum atomic E-state index is 0.143. The van der Waals surface area contributed by atoms with Crippen LogP contribution in [0.3, 0.4) is 0 Å². The molecule has 0 radical (unpaired) electrons. The van der Waals surface area contributed by atoms with Crippen molar-refractivity contribution < 1.29 is 4.74 Å². The van der Waals surface area contributed by atoms with Gasteiger partial charge in [0.1, 0.15) is 0 Å². The molecule has 0 bridgehead atoms. The van der Waals surface area contributed by atoms with E-state index in [1.54, 1.807) is 0 Å². The highest BCUT2D eigenvalue weighted by molar-refractivity contribution is 4.86. The summed E-state index contributed by atoms with van der Waals surface area (Å²) >= 11 is 0. The molecule has 1 fully saturated rings. The summed E-state index contributed by atoms with van der Waals surface area (Å²) in [5, 5.41) is 0. The van der Waals surface area contributed by atoms with Crippen LogP contribution in [-0.2, 0) is 4.74 Å². The van der Waals surface area contributed by atoms with Gasteiger partial charge in [-0.05, 0) is 20.3 Å². The summed E-state index contributed by atoms with van der Waals surface area (Å²) in [7, 11) is 0. The number of unbranched alkanes of at least 4 members (excludes halogenated alkanes) is 1. The van der Waals surface area contributed by atoms with Crippen molar-refractivity contribution in [2.24, 2.45) is 5.73 Å². The second-order valence-electron chi connectivity index (χ2n) is 5.81. The van der Waals surface area contributed by atoms with Gasteiger partial charge in [-0.2, -0.15) is 0 Å². The molecule has 4 heteroatoms. The number of rotatable bonds is 8. The van der Waals surface area contributed by atoms with Crippen LogP contribution in [0.1, 0.15) is 33.6 Å². The SMILES string of the molecule is CCCCOCCN1CCN(C(C)(C)CN)CC1. The van der Waals surface area contributed by atoms with Crippen LogP contribution in [0.2, 0.25) is 0 Å². The fourth-order valence-electron chi connectivity index (χ4n) is 2.25. The quantitative estimate of drug-likeness (QED) is 0.663. The molecule has 1 aliphatic rings. The predicted molar refractivity (Wildman–Crippen MR) is 76.9 cm³/mol. The Balaban J connectivity index is 2.12. The monoisotopic (exact) mass is 257 g/mol. The minimum Gasteiger partial charge on any atom is -0.380 e. The molecule has 18 heavy (non-hydrogen) atoms. The third kappa shape index (κ3) is 5.22. The van der Waals surface area contributed by atoms with Gasteiger partial charge in [0.15, 0.2) is 0 Å². The van der Waals surface area contributed by atoms with Crippen molar-refractivity contribution in [3.05, 3.63) is 0 Å². The van der Waals surface area contributed by atoms with Gasteiger partial charge in [-0.3, -0.25) is 9.80 Å². The molecule has 0 aliphatic carbocycles. The zero-order valence-electron chi connectivity index (χ0n) is 12.5. The van der Waals surface area contributed by atoms with E-state index in [1.807, 2.05) is 0 Å². The lowest BCUT2D eigenvalue weighted by Gasteiger charge is -2.43. The smallest absolute Gasteiger partial charge is 0.0593 e. The van der Waals surface area contributed by atoms with Crippen LogP contribution in [0.5, 0.6) is 0 Å². The van der Waals surface area contributed by atoms with Crippen molar-refractivity contribution >= 4 is 0 Å². The van der Waals surface area contributed by atoms with E-state index in [0.717, 1.165) is 52.5 Å². The third-order valence-electron chi connectivity index (χ3n) is 3.92. The number of nitrogens with zero attached hydrogens (tertiary/aromatic N) is 2. The van der Waals surface area contributed by atoms with Gasteiger partial charge in [-0.1, -0.05) is 13.3 Å². The van der Waals surface area contributed by atoms with Crippen molar-refractivity contribution in [1.82, 2.24) is 9.80 Å². The molecule has 4 nitrogen and oxygen atoms in total. The highest BCUT2D eigenvalue weighted by atomic mass is 16.5. The first kappa shape index (κ1) is 15.9. The molecule has 1 saturated heterocycles. The van der Waals surface area contributed by atoms with E-state index >= 15 is 0 Å². The van der Waals surface area contributed by atoms with Gasteiger partial charge in [0.05, 0.1) is 6.61 Å². The molecular formula is C14H31N3O. The lowest BCUT2D eigenvalue weighted by molar-refractivity contribution is 0.0377. The number of hydrogen-bond acceptors (Lipinski definition) is 4. The molecule has 0 aromatic carbocycles. The van der Waals surface area contributed by atoms with Gasteiger partial charge in [0, 0.05) is 51.4 Å². The fraction of sp³-hybridized carbons (Fsp3) is 1.00. The van der Waals surface area contributed by atoms with Crippen LogP contribution in [-0.4, -0.2) is 67.8 Å². The van der Waals surface area contributed by atoms with Crippen molar-refractivity contribution in [2.75, 3.05) is 52.5 Å². The molecule has 2 N–H and O–H groups in total. The zero-order chi connectivity index (χ0) is 13.4. The summed E-state index contributed by atoms with van der Waals surface area (Å²) in [5.41, 5.74) is 5.97. The molecule has 1 rings (SSSR count). The standard InChI is InChI=1S/C14H31N3O/c1-4-5-11-18-12-10-16-6-8-17(9-7-16)14(2,3)13-15/h4-13,15H2,1-3H3. The van der Waals surface area contributed by atoms with Crippen molar-refractivity contribution in [1.29, 1.82) is 0 Å². The summed E-state index contributed by atoms with van der Waals surface area (Å²) in [5.74, 6) is 0. The molecule has 1 heterocycles. The minimum absolute atomic E-state index is 0.143. The van der Waals surface area contributed by atoms with Gasteiger partial charge in [0.2, 0.25) is 0 Å². The van der Waals surface area contributed by atoms with Crippen LogP contribution in [0.15, 0.2) is 0 Å². The maximum absolute atomic E-state index is 5.82. The molecule has 0 atom stereocenters. The van der Waals surface area contributed by atoms with E-state index in [-0.39, 0.29) is 5.54 Å². The Labute approximate surface area is 112 Å². The molecule has 0 amide bonds. The Morgan fingerprint density at radius 1 is 1.11 bits per heavy atom. The Morgan fingerprint density at radius 3 is 2.33 bits per heavy atom. The predicted octanol–water partition coefficient (Wildman–Crippen LogP) is 1.16. The van der Waals surface area contributed by atoms with Gasteiger partial charge in [-0.25, -0.2) is 0 Å². The Hall–Kier alpha value is -0.160. The second-order valence-corrected chi connectivity index (χ2v) is 5.81. The Morgan fingerprint density at radius 2 is 1.78 bits per heavy atom. The van der Waals surface area contributed by atoms with Gasteiger partial charge >= 0.3 is 0 Å². The molecule has 108 valence electrons. The van der Waals surface area contributed by atoms with Crippen LogP contribution in [0.25, 0.3) is 0 Å². The zero-order valence-corrected chi connectivity index (χ0v) is 12.5. The van der Waals surface area contributed by atoms with E-state index in [1.165, 1.54) is 12.8 Å². The maximum Gasteiger partial charge on any atom is 0.0593 e. The van der Waals surface area contributed by atoms with Gasteiger partial charge in [0.25, 0.3) is 0 Å². The summed E-state index contributed by atoms with van der Waals surface area (Å²) in [4.78, 5) is 5.00. The third-order valence-corrected chi connectivity index (χ3v) is 3.92. The highest BCUT2D eigenvalue weighted by Crippen LogP contribution is 2.15. The number of piperazine rings is 1. The first-order valence-corrected chi connectivity index (χ1v) is 7.35. The molecule has 0 saturated carbocycles. The van der Waals surface area contributed by atoms with E-state index in [4.69, 9.17) is 10.5 Å². The maximum atomic E-state index is 5.82. The molecule has 0 spiro atoms.